The van der Waals surface area contributed by atoms with Crippen molar-refractivity contribution in [2.24, 2.45) is 11.7 Å². The Balaban J connectivity index is 2.75. The van der Waals surface area contributed by atoms with E-state index in [1.54, 1.807) is 6.07 Å². The van der Waals surface area contributed by atoms with Crippen LogP contribution in [0.15, 0.2) is 18.2 Å². The van der Waals surface area contributed by atoms with E-state index in [-0.39, 0.29) is 0 Å². The van der Waals surface area contributed by atoms with E-state index in [9.17, 15) is 0 Å². The molecule has 0 saturated heterocycles. The van der Waals surface area contributed by atoms with Gasteiger partial charge in [0.25, 0.3) is 0 Å². The van der Waals surface area contributed by atoms with Gasteiger partial charge in [0.05, 0.1) is 15.0 Å². The van der Waals surface area contributed by atoms with Crippen LogP contribution in [-0.2, 0) is 6.54 Å². The fraction of sp³-hybridized carbons (Fsp3) is 0.500. The van der Waals surface area contributed by atoms with Gasteiger partial charge in [0.15, 0.2) is 0 Å². The lowest BCUT2D eigenvalue weighted by Gasteiger charge is -2.24. The van der Waals surface area contributed by atoms with E-state index in [4.69, 9.17) is 41.2 Å². The molecule has 0 radical (unpaired) electrons. The molecule has 5 heteroatoms. The Labute approximate surface area is 130 Å². The first-order valence-electron chi connectivity index (χ1n) is 6.33. The standard InChI is InChI=1S/C14H20Cl2N2S/c1-10(2)8-18(7-6-13(17)19)9-11-4-3-5-12(15)14(11)16/h3-5,10H,6-9H2,1-2H3,(H2,17,19). The van der Waals surface area contributed by atoms with Gasteiger partial charge < -0.3 is 5.73 Å². The number of thiocarbonyl (C=S) groups is 1. The van der Waals surface area contributed by atoms with Crippen LogP contribution in [0.5, 0.6) is 0 Å². The maximum atomic E-state index is 6.23. The number of hydrogen-bond acceptors (Lipinski definition) is 2. The highest BCUT2D eigenvalue weighted by atomic mass is 35.5. The van der Waals surface area contributed by atoms with Gasteiger partial charge in [-0.05, 0) is 17.5 Å². The zero-order chi connectivity index (χ0) is 14.4. The van der Waals surface area contributed by atoms with Crippen LogP contribution in [-0.4, -0.2) is 23.0 Å². The molecule has 0 fully saturated rings. The maximum absolute atomic E-state index is 6.23. The average Bonchev–Trinajstić information content (AvgIpc) is 2.31. The summed E-state index contributed by atoms with van der Waals surface area (Å²) in [5, 5.41) is 1.23. The monoisotopic (exact) mass is 318 g/mol. The van der Waals surface area contributed by atoms with Crippen LogP contribution in [0.3, 0.4) is 0 Å². The van der Waals surface area contributed by atoms with Gasteiger partial charge in [0, 0.05) is 26.1 Å². The summed E-state index contributed by atoms with van der Waals surface area (Å²) in [5.41, 5.74) is 6.62. The normalized spacial score (nSPS) is 11.3. The van der Waals surface area contributed by atoms with Gasteiger partial charge in [-0.1, -0.05) is 61.4 Å². The van der Waals surface area contributed by atoms with Gasteiger partial charge in [-0.2, -0.15) is 0 Å². The molecule has 0 saturated carbocycles. The zero-order valence-electron chi connectivity index (χ0n) is 11.3. The van der Waals surface area contributed by atoms with Gasteiger partial charge in [-0.25, -0.2) is 0 Å². The highest BCUT2D eigenvalue weighted by Gasteiger charge is 2.12. The van der Waals surface area contributed by atoms with E-state index < -0.39 is 0 Å². The molecule has 1 aromatic rings. The van der Waals surface area contributed by atoms with Crippen molar-refractivity contribution in [3.05, 3.63) is 33.8 Å². The molecule has 1 rings (SSSR count). The lowest BCUT2D eigenvalue weighted by Crippen LogP contribution is -2.30. The van der Waals surface area contributed by atoms with E-state index in [0.29, 0.717) is 21.0 Å². The molecular weight excluding hydrogens is 299 g/mol. The van der Waals surface area contributed by atoms with Crippen LogP contribution in [0.25, 0.3) is 0 Å². The van der Waals surface area contributed by atoms with Gasteiger partial charge in [0.1, 0.15) is 0 Å². The Bertz CT molecular complexity index is 435. The van der Waals surface area contributed by atoms with Crippen molar-refractivity contribution < 1.29 is 0 Å². The van der Waals surface area contributed by atoms with Crippen LogP contribution in [0, 0.1) is 5.92 Å². The van der Waals surface area contributed by atoms with Crippen LogP contribution >= 0.6 is 35.4 Å². The van der Waals surface area contributed by atoms with Crippen LogP contribution in [0.2, 0.25) is 10.0 Å². The summed E-state index contributed by atoms with van der Waals surface area (Å²) in [4.78, 5) is 2.85. The molecule has 0 spiro atoms. The number of benzene rings is 1. The minimum absolute atomic E-state index is 0.547. The molecule has 2 nitrogen and oxygen atoms in total. The molecule has 0 atom stereocenters. The third-order valence-electron chi connectivity index (χ3n) is 2.72. The fourth-order valence-electron chi connectivity index (χ4n) is 1.93. The third-order valence-corrected chi connectivity index (χ3v) is 3.79. The smallest absolute Gasteiger partial charge is 0.0740 e. The van der Waals surface area contributed by atoms with E-state index in [2.05, 4.69) is 18.7 Å². The first-order valence-corrected chi connectivity index (χ1v) is 7.50. The topological polar surface area (TPSA) is 29.3 Å². The summed E-state index contributed by atoms with van der Waals surface area (Å²) < 4.78 is 0. The second-order valence-electron chi connectivity index (χ2n) is 5.06. The zero-order valence-corrected chi connectivity index (χ0v) is 13.7. The van der Waals surface area contributed by atoms with Crippen molar-refractivity contribution in [3.63, 3.8) is 0 Å². The molecule has 1 aromatic carbocycles. The summed E-state index contributed by atoms with van der Waals surface area (Å²) in [6, 6.07) is 5.72. The first-order chi connectivity index (χ1) is 8.90. The number of nitrogens with two attached hydrogens (primary N) is 1. The Morgan fingerprint density at radius 3 is 2.63 bits per heavy atom. The Morgan fingerprint density at radius 2 is 2.05 bits per heavy atom. The summed E-state index contributed by atoms with van der Waals surface area (Å²) >= 11 is 17.2. The minimum atomic E-state index is 0.547. The molecule has 0 aromatic heterocycles. The van der Waals surface area contributed by atoms with Gasteiger partial charge in [-0.15, -0.1) is 0 Å². The average molecular weight is 319 g/mol. The van der Waals surface area contributed by atoms with E-state index in [1.165, 1.54) is 0 Å². The summed E-state index contributed by atoms with van der Waals surface area (Å²) in [7, 11) is 0. The lowest BCUT2D eigenvalue weighted by molar-refractivity contribution is 0.243. The van der Waals surface area contributed by atoms with Gasteiger partial charge in [0.2, 0.25) is 0 Å². The van der Waals surface area contributed by atoms with E-state index >= 15 is 0 Å². The molecule has 0 aliphatic rings. The first kappa shape index (κ1) is 16.7. The van der Waals surface area contributed by atoms with E-state index in [1.807, 2.05) is 12.1 Å². The van der Waals surface area contributed by atoms with Crippen LogP contribution in [0.4, 0.5) is 0 Å². The molecule has 0 bridgehead atoms. The molecule has 0 aliphatic heterocycles. The summed E-state index contributed by atoms with van der Waals surface area (Å²) in [6.45, 7) is 6.96. The molecule has 2 N–H and O–H groups in total. The number of rotatable bonds is 7. The highest BCUT2D eigenvalue weighted by molar-refractivity contribution is 7.80. The number of halogens is 2. The van der Waals surface area contributed by atoms with Crippen LogP contribution in [0.1, 0.15) is 25.8 Å². The molecule has 19 heavy (non-hydrogen) atoms. The predicted molar refractivity (Wildman–Crippen MR) is 88.0 cm³/mol. The second kappa shape index (κ2) is 8.05. The molecule has 106 valence electrons. The quantitative estimate of drug-likeness (QED) is 0.766. The van der Waals surface area contributed by atoms with Gasteiger partial charge in [-0.3, -0.25) is 4.90 Å². The molecule has 0 amide bonds. The summed E-state index contributed by atoms with van der Waals surface area (Å²) in [5.74, 6) is 0.573. The van der Waals surface area contributed by atoms with Crippen molar-refractivity contribution in [2.75, 3.05) is 13.1 Å². The molecular formula is C14H20Cl2N2S. The van der Waals surface area contributed by atoms with Crippen molar-refractivity contribution in [1.29, 1.82) is 0 Å². The van der Waals surface area contributed by atoms with Crippen molar-refractivity contribution in [2.45, 2.75) is 26.8 Å². The van der Waals surface area contributed by atoms with Crippen molar-refractivity contribution in [1.82, 2.24) is 4.90 Å². The van der Waals surface area contributed by atoms with E-state index in [0.717, 1.165) is 31.6 Å². The fourth-order valence-corrected chi connectivity index (χ4v) is 2.40. The molecule has 0 aliphatic carbocycles. The molecule has 0 heterocycles. The van der Waals surface area contributed by atoms with Crippen molar-refractivity contribution >= 4 is 40.4 Å². The molecule has 0 unspecified atom stereocenters. The summed E-state index contributed by atoms with van der Waals surface area (Å²) in [6.07, 6.45) is 0.722. The number of hydrogen-bond donors (Lipinski definition) is 1. The minimum Gasteiger partial charge on any atom is -0.393 e. The van der Waals surface area contributed by atoms with Crippen molar-refractivity contribution in [3.8, 4) is 0 Å². The maximum Gasteiger partial charge on any atom is 0.0740 e. The number of nitrogens with zero attached hydrogens (tertiary/aromatic N) is 1. The Kier molecular flexibility index (Phi) is 7.08. The lowest BCUT2D eigenvalue weighted by atomic mass is 10.1. The van der Waals surface area contributed by atoms with Crippen LogP contribution < -0.4 is 5.73 Å². The largest absolute Gasteiger partial charge is 0.393 e. The van der Waals surface area contributed by atoms with Gasteiger partial charge >= 0.3 is 0 Å². The Morgan fingerprint density at radius 1 is 1.37 bits per heavy atom. The third kappa shape index (κ3) is 6.09. The SMILES string of the molecule is CC(C)CN(CCC(N)=S)Cc1cccc(Cl)c1Cl. The second-order valence-corrected chi connectivity index (χ2v) is 6.37. The highest BCUT2D eigenvalue weighted by Crippen LogP contribution is 2.26. The predicted octanol–water partition coefficient (Wildman–Crippen LogP) is 4.13. The Hall–Kier alpha value is -0.350.